The monoisotopic (exact) mass is 457 g/mol. The van der Waals surface area contributed by atoms with Gasteiger partial charge in [0, 0.05) is 29.7 Å². The summed E-state index contributed by atoms with van der Waals surface area (Å²) in [4.78, 5) is 0. The van der Waals surface area contributed by atoms with Crippen LogP contribution in [0.15, 0.2) is 43.7 Å². The molecule has 5 heteroatoms. The molecule has 0 amide bonds. The third kappa shape index (κ3) is 2.15. The van der Waals surface area contributed by atoms with Gasteiger partial charge in [-0.2, -0.15) is 0 Å². The van der Waals surface area contributed by atoms with E-state index in [0.717, 1.165) is 26.6 Å². The molecule has 0 bridgehead atoms. The van der Waals surface area contributed by atoms with E-state index in [9.17, 15) is 0 Å². The molecule has 102 valence electrons. The Morgan fingerprint density at radius 3 is 2.55 bits per heavy atom. The molecule has 1 aromatic heterocycles. The predicted molar refractivity (Wildman–Crippen MR) is 92.3 cm³/mol. The maximum Gasteiger partial charge on any atom is 0.0988 e. The molecule has 1 fully saturated rings. The molecule has 0 spiro atoms. The van der Waals surface area contributed by atoms with Gasteiger partial charge in [-0.25, -0.2) is 0 Å². The van der Waals surface area contributed by atoms with Crippen molar-refractivity contribution in [1.82, 2.24) is 4.57 Å². The van der Waals surface area contributed by atoms with Crippen LogP contribution in [0, 0.1) is 0 Å². The standard InChI is InChI=1S/C15H10Br3NO/c16-8-1-2-14-11(3-8)12-4-9(17)5-13(18)15(12)19(14)6-10-7-20-10/h1-5,10H,6-7H2/t10-/m0/s1. The van der Waals surface area contributed by atoms with Gasteiger partial charge in [-0.05, 0) is 46.3 Å². The number of ether oxygens (including phenoxy) is 1. The van der Waals surface area contributed by atoms with E-state index in [2.05, 4.69) is 82.7 Å². The van der Waals surface area contributed by atoms with Gasteiger partial charge < -0.3 is 9.30 Å². The highest BCUT2D eigenvalue weighted by molar-refractivity contribution is 9.11. The summed E-state index contributed by atoms with van der Waals surface area (Å²) in [5, 5.41) is 2.51. The van der Waals surface area contributed by atoms with Crippen molar-refractivity contribution in [2.75, 3.05) is 6.61 Å². The quantitative estimate of drug-likeness (QED) is 0.464. The molecule has 1 atom stereocenters. The Labute approximate surface area is 141 Å². The molecule has 3 aromatic rings. The van der Waals surface area contributed by atoms with Crippen LogP contribution in [0.2, 0.25) is 0 Å². The van der Waals surface area contributed by atoms with Crippen LogP contribution in [-0.4, -0.2) is 17.3 Å². The minimum atomic E-state index is 0.355. The molecular weight excluding hydrogens is 450 g/mol. The lowest BCUT2D eigenvalue weighted by Crippen LogP contribution is -2.03. The van der Waals surface area contributed by atoms with Gasteiger partial charge in [-0.1, -0.05) is 31.9 Å². The van der Waals surface area contributed by atoms with Gasteiger partial charge in [-0.3, -0.25) is 0 Å². The molecule has 1 saturated heterocycles. The van der Waals surface area contributed by atoms with Crippen LogP contribution < -0.4 is 0 Å². The Morgan fingerprint density at radius 1 is 1.05 bits per heavy atom. The zero-order valence-electron chi connectivity index (χ0n) is 10.4. The Kier molecular flexibility index (Phi) is 3.22. The first kappa shape index (κ1) is 13.3. The largest absolute Gasteiger partial charge is 0.371 e. The van der Waals surface area contributed by atoms with Gasteiger partial charge in [-0.15, -0.1) is 0 Å². The summed E-state index contributed by atoms with van der Waals surface area (Å²) in [6.07, 6.45) is 0.355. The first-order valence-electron chi connectivity index (χ1n) is 6.31. The summed E-state index contributed by atoms with van der Waals surface area (Å²) < 4.78 is 11.1. The Bertz CT molecular complexity index is 836. The van der Waals surface area contributed by atoms with Crippen LogP contribution in [0.3, 0.4) is 0 Å². The van der Waals surface area contributed by atoms with E-state index in [4.69, 9.17) is 4.74 Å². The third-order valence-corrected chi connectivity index (χ3v) is 5.18. The second kappa shape index (κ2) is 4.83. The fourth-order valence-corrected chi connectivity index (χ4v) is 4.49. The summed E-state index contributed by atoms with van der Waals surface area (Å²) in [5.41, 5.74) is 2.48. The minimum Gasteiger partial charge on any atom is -0.371 e. The third-order valence-electron chi connectivity index (χ3n) is 3.63. The fourth-order valence-electron chi connectivity index (χ4n) is 2.69. The molecule has 0 N–H and O–H groups in total. The molecule has 0 aliphatic carbocycles. The molecule has 2 heterocycles. The number of hydrogen-bond donors (Lipinski definition) is 0. The first-order valence-corrected chi connectivity index (χ1v) is 8.69. The number of halogens is 3. The predicted octanol–water partition coefficient (Wildman–Crippen LogP) is 5.48. The average molecular weight is 460 g/mol. The zero-order chi connectivity index (χ0) is 13.9. The average Bonchev–Trinajstić information content (AvgIpc) is 3.15. The van der Waals surface area contributed by atoms with Crippen LogP contribution >= 0.6 is 47.8 Å². The number of aromatic nitrogens is 1. The highest BCUT2D eigenvalue weighted by Crippen LogP contribution is 2.38. The van der Waals surface area contributed by atoms with Crippen molar-refractivity contribution in [2.24, 2.45) is 0 Å². The molecule has 0 unspecified atom stereocenters. The lowest BCUT2D eigenvalue weighted by Gasteiger charge is -2.06. The van der Waals surface area contributed by atoms with Crippen LogP contribution in [0.4, 0.5) is 0 Å². The van der Waals surface area contributed by atoms with Crippen molar-refractivity contribution in [3.05, 3.63) is 43.7 Å². The van der Waals surface area contributed by atoms with Crippen LogP contribution in [0.25, 0.3) is 21.8 Å². The maximum atomic E-state index is 5.41. The number of rotatable bonds is 2. The van der Waals surface area contributed by atoms with E-state index in [0.29, 0.717) is 6.10 Å². The van der Waals surface area contributed by atoms with E-state index in [-0.39, 0.29) is 0 Å². The fraction of sp³-hybridized carbons (Fsp3) is 0.200. The van der Waals surface area contributed by atoms with Crippen LogP contribution in [-0.2, 0) is 11.3 Å². The number of epoxide rings is 1. The lowest BCUT2D eigenvalue weighted by atomic mass is 10.2. The molecule has 4 rings (SSSR count). The number of benzene rings is 2. The van der Waals surface area contributed by atoms with Gasteiger partial charge in [0.2, 0.25) is 0 Å². The van der Waals surface area contributed by atoms with Crippen LogP contribution in [0.5, 0.6) is 0 Å². The molecule has 1 aliphatic heterocycles. The topological polar surface area (TPSA) is 17.5 Å². The molecule has 2 nitrogen and oxygen atoms in total. The Morgan fingerprint density at radius 2 is 1.80 bits per heavy atom. The number of nitrogens with zero attached hydrogens (tertiary/aromatic N) is 1. The number of hydrogen-bond acceptors (Lipinski definition) is 1. The van der Waals surface area contributed by atoms with Crippen molar-refractivity contribution >= 4 is 69.6 Å². The van der Waals surface area contributed by atoms with Gasteiger partial charge in [0.25, 0.3) is 0 Å². The summed E-state index contributed by atoms with van der Waals surface area (Å²) in [7, 11) is 0. The molecule has 1 aliphatic rings. The van der Waals surface area contributed by atoms with Crippen molar-refractivity contribution in [1.29, 1.82) is 0 Å². The van der Waals surface area contributed by atoms with Gasteiger partial charge in [0.05, 0.1) is 24.8 Å². The summed E-state index contributed by atoms with van der Waals surface area (Å²) in [6, 6.07) is 10.7. The molecule has 2 aromatic carbocycles. The molecular formula is C15H10Br3NO. The van der Waals surface area contributed by atoms with E-state index in [1.165, 1.54) is 21.8 Å². The Hall–Kier alpha value is -0.360. The van der Waals surface area contributed by atoms with Gasteiger partial charge in [0.1, 0.15) is 0 Å². The first-order chi connectivity index (χ1) is 9.63. The van der Waals surface area contributed by atoms with E-state index in [1.54, 1.807) is 0 Å². The summed E-state index contributed by atoms with van der Waals surface area (Å²) in [6.45, 7) is 1.77. The maximum absolute atomic E-state index is 5.41. The van der Waals surface area contributed by atoms with Crippen molar-refractivity contribution in [3.63, 3.8) is 0 Å². The summed E-state index contributed by atoms with van der Waals surface area (Å²) in [5.74, 6) is 0. The highest BCUT2D eigenvalue weighted by atomic mass is 79.9. The molecule has 0 saturated carbocycles. The van der Waals surface area contributed by atoms with Crippen molar-refractivity contribution in [2.45, 2.75) is 12.6 Å². The van der Waals surface area contributed by atoms with Crippen LogP contribution in [0.1, 0.15) is 0 Å². The SMILES string of the molecule is Brc1ccc2c(c1)c1cc(Br)cc(Br)c1n2C[C@H]1CO1. The summed E-state index contributed by atoms with van der Waals surface area (Å²) >= 11 is 10.9. The minimum absolute atomic E-state index is 0.355. The van der Waals surface area contributed by atoms with E-state index < -0.39 is 0 Å². The van der Waals surface area contributed by atoms with Gasteiger partial charge >= 0.3 is 0 Å². The smallest absolute Gasteiger partial charge is 0.0988 e. The lowest BCUT2D eigenvalue weighted by molar-refractivity contribution is 0.387. The molecule has 0 radical (unpaired) electrons. The molecule has 20 heavy (non-hydrogen) atoms. The second-order valence-electron chi connectivity index (χ2n) is 5.01. The second-order valence-corrected chi connectivity index (χ2v) is 7.70. The van der Waals surface area contributed by atoms with Crippen molar-refractivity contribution < 1.29 is 4.74 Å². The van der Waals surface area contributed by atoms with E-state index in [1.807, 2.05) is 0 Å². The normalized spacial score (nSPS) is 18.1. The highest BCUT2D eigenvalue weighted by Gasteiger charge is 2.25. The van der Waals surface area contributed by atoms with E-state index >= 15 is 0 Å². The zero-order valence-corrected chi connectivity index (χ0v) is 15.1. The Balaban J connectivity index is 2.14. The van der Waals surface area contributed by atoms with Gasteiger partial charge in [0.15, 0.2) is 0 Å². The van der Waals surface area contributed by atoms with Crippen molar-refractivity contribution in [3.8, 4) is 0 Å². The number of fused-ring (bicyclic) bond motifs is 3.